The Hall–Kier alpha value is -1.51. The van der Waals surface area contributed by atoms with E-state index in [1.165, 1.54) is 12.0 Å². The summed E-state index contributed by atoms with van der Waals surface area (Å²) >= 11 is 0. The van der Waals surface area contributed by atoms with Gasteiger partial charge in [-0.05, 0) is 49.8 Å². The molecule has 1 aromatic carbocycles. The molecule has 2 rings (SSSR count). The molecule has 0 bridgehead atoms. The molecule has 3 heteroatoms. The second-order valence-corrected chi connectivity index (χ2v) is 5.86. The number of nitrogens with zero attached hydrogens (tertiary/aromatic N) is 1. The highest BCUT2D eigenvalue weighted by Gasteiger charge is 2.20. The number of piperidine rings is 1. The lowest BCUT2D eigenvalue weighted by Gasteiger charge is -2.31. The minimum atomic E-state index is 0.282. The van der Waals surface area contributed by atoms with Gasteiger partial charge in [-0.3, -0.25) is 4.79 Å². The van der Waals surface area contributed by atoms with Gasteiger partial charge in [-0.1, -0.05) is 19.1 Å². The van der Waals surface area contributed by atoms with Crippen LogP contribution in [0.3, 0.4) is 0 Å². The standard InChI is InChI=1S/C17H25NO2/c1-14-6-3-8-16(12-14)20-11-5-9-17(19)18-10-4-7-15(2)13-18/h3,6,8,12,15H,4-5,7,9-11,13H2,1-2H3. The van der Waals surface area contributed by atoms with E-state index in [9.17, 15) is 4.79 Å². The minimum Gasteiger partial charge on any atom is -0.494 e. The van der Waals surface area contributed by atoms with E-state index < -0.39 is 0 Å². The zero-order valence-electron chi connectivity index (χ0n) is 12.6. The maximum absolute atomic E-state index is 12.1. The molecule has 0 aliphatic carbocycles. The summed E-state index contributed by atoms with van der Waals surface area (Å²) in [6, 6.07) is 8.02. The molecule has 1 aromatic rings. The first-order chi connectivity index (χ1) is 9.65. The Labute approximate surface area is 121 Å². The molecule has 1 heterocycles. The van der Waals surface area contributed by atoms with Gasteiger partial charge in [0.2, 0.25) is 5.91 Å². The number of benzene rings is 1. The predicted molar refractivity (Wildman–Crippen MR) is 80.9 cm³/mol. The molecule has 1 saturated heterocycles. The molecule has 0 saturated carbocycles. The molecule has 110 valence electrons. The van der Waals surface area contributed by atoms with Crippen molar-refractivity contribution in [2.45, 2.75) is 39.5 Å². The number of likely N-dealkylation sites (tertiary alicyclic amines) is 1. The van der Waals surface area contributed by atoms with E-state index in [1.807, 2.05) is 36.1 Å². The van der Waals surface area contributed by atoms with Crippen molar-refractivity contribution in [3.8, 4) is 5.75 Å². The van der Waals surface area contributed by atoms with Crippen LogP contribution >= 0.6 is 0 Å². The first-order valence-corrected chi connectivity index (χ1v) is 7.62. The summed E-state index contributed by atoms with van der Waals surface area (Å²) in [5, 5.41) is 0. The molecule has 0 aromatic heterocycles. The lowest BCUT2D eigenvalue weighted by molar-refractivity contribution is -0.133. The number of rotatable bonds is 5. The Morgan fingerprint density at radius 2 is 2.30 bits per heavy atom. The average Bonchev–Trinajstić information content (AvgIpc) is 2.43. The summed E-state index contributed by atoms with van der Waals surface area (Å²) in [5.41, 5.74) is 1.20. The normalized spacial score (nSPS) is 18.9. The molecular formula is C17H25NO2. The van der Waals surface area contributed by atoms with Crippen molar-refractivity contribution in [2.75, 3.05) is 19.7 Å². The Balaban J connectivity index is 1.66. The molecule has 0 spiro atoms. The summed E-state index contributed by atoms with van der Waals surface area (Å²) in [6.07, 6.45) is 3.78. The van der Waals surface area contributed by atoms with Gasteiger partial charge in [0.25, 0.3) is 0 Å². The summed E-state index contributed by atoms with van der Waals surface area (Å²) < 4.78 is 5.67. The van der Waals surface area contributed by atoms with Gasteiger partial charge in [-0.2, -0.15) is 0 Å². The van der Waals surface area contributed by atoms with Gasteiger partial charge in [0, 0.05) is 19.5 Å². The number of ether oxygens (including phenoxy) is 1. The second-order valence-electron chi connectivity index (χ2n) is 5.86. The van der Waals surface area contributed by atoms with Crippen LogP contribution in [0, 0.1) is 12.8 Å². The topological polar surface area (TPSA) is 29.5 Å². The molecular weight excluding hydrogens is 250 g/mol. The van der Waals surface area contributed by atoms with Crippen LogP contribution in [0.25, 0.3) is 0 Å². The van der Waals surface area contributed by atoms with Crippen LogP contribution in [0.1, 0.15) is 38.2 Å². The molecule has 1 amide bonds. The van der Waals surface area contributed by atoms with E-state index in [0.29, 0.717) is 18.9 Å². The van der Waals surface area contributed by atoms with E-state index in [4.69, 9.17) is 4.74 Å². The summed E-state index contributed by atoms with van der Waals surface area (Å²) in [6.45, 7) is 6.74. The number of hydrogen-bond donors (Lipinski definition) is 0. The lowest BCUT2D eigenvalue weighted by Crippen LogP contribution is -2.39. The zero-order chi connectivity index (χ0) is 14.4. The van der Waals surface area contributed by atoms with Crippen LogP contribution < -0.4 is 4.74 Å². The van der Waals surface area contributed by atoms with E-state index in [0.717, 1.165) is 31.7 Å². The van der Waals surface area contributed by atoms with Crippen molar-refractivity contribution in [1.82, 2.24) is 4.90 Å². The van der Waals surface area contributed by atoms with E-state index in [1.54, 1.807) is 0 Å². The van der Waals surface area contributed by atoms with E-state index in [-0.39, 0.29) is 5.91 Å². The minimum absolute atomic E-state index is 0.282. The highest BCUT2D eigenvalue weighted by atomic mass is 16.5. The van der Waals surface area contributed by atoms with Crippen molar-refractivity contribution in [3.05, 3.63) is 29.8 Å². The van der Waals surface area contributed by atoms with Gasteiger partial charge in [-0.15, -0.1) is 0 Å². The smallest absolute Gasteiger partial charge is 0.222 e. The van der Waals surface area contributed by atoms with Crippen LogP contribution in [0.5, 0.6) is 5.75 Å². The molecule has 1 aliphatic heterocycles. The maximum atomic E-state index is 12.1. The fourth-order valence-corrected chi connectivity index (χ4v) is 2.69. The van der Waals surface area contributed by atoms with E-state index >= 15 is 0 Å². The van der Waals surface area contributed by atoms with Crippen LogP contribution in [-0.4, -0.2) is 30.5 Å². The van der Waals surface area contributed by atoms with Crippen LogP contribution in [0.15, 0.2) is 24.3 Å². The molecule has 0 N–H and O–H groups in total. The van der Waals surface area contributed by atoms with E-state index in [2.05, 4.69) is 6.92 Å². The second kappa shape index (κ2) is 7.32. The summed E-state index contributed by atoms with van der Waals surface area (Å²) in [7, 11) is 0. The molecule has 1 fully saturated rings. The first kappa shape index (κ1) is 14.9. The number of carbonyl (C=O) groups is 1. The van der Waals surface area contributed by atoms with Gasteiger partial charge >= 0.3 is 0 Å². The number of amides is 1. The SMILES string of the molecule is Cc1cccc(OCCCC(=O)N2CCCC(C)C2)c1. The molecule has 3 nitrogen and oxygen atoms in total. The Bertz CT molecular complexity index is 444. The largest absolute Gasteiger partial charge is 0.494 e. The van der Waals surface area contributed by atoms with Crippen molar-refractivity contribution in [2.24, 2.45) is 5.92 Å². The number of aryl methyl sites for hydroxylation is 1. The highest BCUT2D eigenvalue weighted by molar-refractivity contribution is 5.76. The van der Waals surface area contributed by atoms with Gasteiger partial charge < -0.3 is 9.64 Å². The number of carbonyl (C=O) groups excluding carboxylic acids is 1. The zero-order valence-corrected chi connectivity index (χ0v) is 12.6. The summed E-state index contributed by atoms with van der Waals surface area (Å²) in [5.74, 6) is 1.82. The maximum Gasteiger partial charge on any atom is 0.222 e. The molecule has 1 aliphatic rings. The van der Waals surface area contributed by atoms with Crippen LogP contribution in [0.4, 0.5) is 0 Å². The lowest BCUT2D eigenvalue weighted by atomic mass is 10.00. The Morgan fingerprint density at radius 3 is 3.05 bits per heavy atom. The van der Waals surface area contributed by atoms with Gasteiger partial charge in [0.1, 0.15) is 5.75 Å². The quantitative estimate of drug-likeness (QED) is 0.771. The molecule has 0 radical (unpaired) electrons. The van der Waals surface area contributed by atoms with Crippen molar-refractivity contribution >= 4 is 5.91 Å². The summed E-state index contributed by atoms with van der Waals surface area (Å²) in [4.78, 5) is 14.1. The van der Waals surface area contributed by atoms with Gasteiger partial charge in [0.05, 0.1) is 6.61 Å². The first-order valence-electron chi connectivity index (χ1n) is 7.62. The molecule has 1 atom stereocenters. The third-order valence-corrected chi connectivity index (χ3v) is 3.80. The molecule has 20 heavy (non-hydrogen) atoms. The Kier molecular flexibility index (Phi) is 5.45. The molecule has 1 unspecified atom stereocenters. The van der Waals surface area contributed by atoms with Crippen molar-refractivity contribution in [3.63, 3.8) is 0 Å². The Morgan fingerprint density at radius 1 is 1.45 bits per heavy atom. The fraction of sp³-hybridized carbons (Fsp3) is 0.588. The number of hydrogen-bond acceptors (Lipinski definition) is 2. The average molecular weight is 275 g/mol. The van der Waals surface area contributed by atoms with Crippen LogP contribution in [0.2, 0.25) is 0 Å². The highest BCUT2D eigenvalue weighted by Crippen LogP contribution is 2.17. The van der Waals surface area contributed by atoms with Crippen molar-refractivity contribution < 1.29 is 9.53 Å². The third-order valence-electron chi connectivity index (χ3n) is 3.80. The third kappa shape index (κ3) is 4.55. The van der Waals surface area contributed by atoms with Gasteiger partial charge in [-0.25, -0.2) is 0 Å². The van der Waals surface area contributed by atoms with Gasteiger partial charge in [0.15, 0.2) is 0 Å². The monoisotopic (exact) mass is 275 g/mol. The van der Waals surface area contributed by atoms with Crippen LogP contribution in [-0.2, 0) is 4.79 Å². The fourth-order valence-electron chi connectivity index (χ4n) is 2.69. The van der Waals surface area contributed by atoms with Crippen molar-refractivity contribution in [1.29, 1.82) is 0 Å². The predicted octanol–water partition coefficient (Wildman–Crippen LogP) is 3.41.